The van der Waals surface area contributed by atoms with Crippen molar-refractivity contribution in [2.75, 3.05) is 13.1 Å². The van der Waals surface area contributed by atoms with Crippen LogP contribution in [-0.4, -0.2) is 34.3 Å². The fraction of sp³-hybridized carbons (Fsp3) is 0.308. The number of carbonyl (C=O) groups excluding carboxylic acids is 1. The van der Waals surface area contributed by atoms with Crippen LogP contribution in [0.15, 0.2) is 34.7 Å². The molecule has 1 N–H and O–H groups in total. The molecule has 0 spiro atoms. The van der Waals surface area contributed by atoms with Crippen molar-refractivity contribution in [3.05, 3.63) is 46.6 Å². The lowest BCUT2D eigenvalue weighted by Gasteiger charge is -2.36. The molecule has 2 heterocycles. The first-order valence-electron chi connectivity index (χ1n) is 6.23. The van der Waals surface area contributed by atoms with Gasteiger partial charge < -0.3 is 14.1 Å². The van der Waals surface area contributed by atoms with E-state index in [1.807, 2.05) is 30.3 Å². The number of nitrogens with zero attached hydrogens (tertiary/aromatic N) is 2. The molecule has 3 rings (SSSR count). The summed E-state index contributed by atoms with van der Waals surface area (Å²) in [6.07, 6.45) is -0.320. The van der Waals surface area contributed by atoms with Gasteiger partial charge in [-0.3, -0.25) is 0 Å². The van der Waals surface area contributed by atoms with Crippen molar-refractivity contribution in [1.82, 2.24) is 15.1 Å². The molecule has 1 aromatic heterocycles. The van der Waals surface area contributed by atoms with E-state index in [-0.39, 0.29) is 23.5 Å². The van der Waals surface area contributed by atoms with Gasteiger partial charge in [0, 0.05) is 13.1 Å². The summed E-state index contributed by atoms with van der Waals surface area (Å²) in [5, 5.41) is 6.52. The van der Waals surface area contributed by atoms with Gasteiger partial charge in [-0.2, -0.15) is 0 Å². The molecule has 20 heavy (non-hydrogen) atoms. The molecular formula is C13H13N3O3S. The molecule has 6 nitrogen and oxygen atoms in total. The highest BCUT2D eigenvalue weighted by atomic mass is 32.1. The van der Waals surface area contributed by atoms with Crippen molar-refractivity contribution >= 4 is 18.3 Å². The number of likely N-dealkylation sites (tertiary alicyclic amines) is 1. The third kappa shape index (κ3) is 2.72. The number of aromatic nitrogens is 2. The molecular weight excluding hydrogens is 278 g/mol. The van der Waals surface area contributed by atoms with Crippen LogP contribution in [0.5, 0.6) is 0 Å². The highest BCUT2D eigenvalue weighted by molar-refractivity contribution is 7.71. The summed E-state index contributed by atoms with van der Waals surface area (Å²) < 4.78 is 10.4. The Labute approximate surface area is 120 Å². The molecule has 0 saturated carbocycles. The summed E-state index contributed by atoms with van der Waals surface area (Å²) in [5.74, 6) is 0.634. The molecule has 0 aliphatic carbocycles. The second-order valence-electron chi connectivity index (χ2n) is 4.59. The van der Waals surface area contributed by atoms with Crippen LogP contribution in [0, 0.1) is 4.84 Å². The van der Waals surface area contributed by atoms with E-state index in [0.717, 1.165) is 5.56 Å². The zero-order chi connectivity index (χ0) is 13.9. The number of benzene rings is 1. The van der Waals surface area contributed by atoms with Gasteiger partial charge in [0.15, 0.2) is 0 Å². The number of nitrogens with one attached hydrogen (secondary N) is 1. The van der Waals surface area contributed by atoms with Crippen LogP contribution < -0.4 is 0 Å². The summed E-state index contributed by atoms with van der Waals surface area (Å²) >= 11 is 4.81. The van der Waals surface area contributed by atoms with Crippen LogP contribution in [0.1, 0.15) is 17.4 Å². The lowest BCUT2D eigenvalue weighted by Crippen LogP contribution is -2.48. The minimum absolute atomic E-state index is 0.0900. The normalized spacial score (nSPS) is 14.9. The largest absolute Gasteiger partial charge is 0.445 e. The molecule has 0 unspecified atom stereocenters. The fourth-order valence-corrected chi connectivity index (χ4v) is 2.14. The number of H-pyrrole nitrogens is 1. The second kappa shape index (κ2) is 5.46. The molecule has 0 radical (unpaired) electrons. The molecule has 1 aromatic carbocycles. The van der Waals surface area contributed by atoms with E-state index in [1.165, 1.54) is 0 Å². The van der Waals surface area contributed by atoms with Crippen molar-refractivity contribution in [3.8, 4) is 0 Å². The lowest BCUT2D eigenvalue weighted by atomic mass is 10.0. The number of carbonyl (C=O) groups is 1. The Morgan fingerprint density at radius 1 is 1.45 bits per heavy atom. The number of hydrogen-bond donors (Lipinski definition) is 1. The summed E-state index contributed by atoms with van der Waals surface area (Å²) in [6.45, 7) is 1.36. The Hall–Kier alpha value is -2.15. The van der Waals surface area contributed by atoms with Gasteiger partial charge in [0.2, 0.25) is 5.89 Å². The smallest absolute Gasteiger partial charge is 0.410 e. The predicted molar refractivity (Wildman–Crippen MR) is 72.6 cm³/mol. The van der Waals surface area contributed by atoms with Crippen LogP contribution in [0.2, 0.25) is 0 Å². The average molecular weight is 291 g/mol. The van der Waals surface area contributed by atoms with Crippen LogP contribution in [0.25, 0.3) is 0 Å². The van der Waals surface area contributed by atoms with Gasteiger partial charge in [0.1, 0.15) is 6.61 Å². The monoisotopic (exact) mass is 291 g/mol. The first-order valence-corrected chi connectivity index (χ1v) is 6.64. The van der Waals surface area contributed by atoms with Gasteiger partial charge in [-0.05, 0) is 17.8 Å². The number of amides is 1. The van der Waals surface area contributed by atoms with Gasteiger partial charge in [-0.15, -0.1) is 5.10 Å². The standard InChI is InChI=1S/C13H13N3O3S/c17-13(18-8-9-4-2-1-3-5-9)16-6-10(7-16)11-14-15-12(20)19-11/h1-5,10H,6-8H2,(H,15,20). The predicted octanol–water partition coefficient (Wildman–Crippen LogP) is 2.47. The van der Waals surface area contributed by atoms with E-state index in [1.54, 1.807) is 4.90 Å². The van der Waals surface area contributed by atoms with Crippen LogP contribution in [0.3, 0.4) is 0 Å². The Bertz CT molecular complexity index is 646. The molecule has 1 fully saturated rings. The van der Waals surface area contributed by atoms with E-state index in [9.17, 15) is 4.79 Å². The number of hydrogen-bond acceptors (Lipinski definition) is 5. The van der Waals surface area contributed by atoms with Crippen molar-refractivity contribution in [2.24, 2.45) is 0 Å². The number of rotatable bonds is 3. The van der Waals surface area contributed by atoms with Gasteiger partial charge in [-0.25, -0.2) is 9.89 Å². The summed E-state index contributed by atoms with van der Waals surface area (Å²) in [6, 6.07) is 9.58. The van der Waals surface area contributed by atoms with Crippen molar-refractivity contribution < 1.29 is 13.9 Å². The topological polar surface area (TPSA) is 71.4 Å². The average Bonchev–Trinajstić information content (AvgIpc) is 2.82. The molecule has 0 bridgehead atoms. The quantitative estimate of drug-likeness (QED) is 0.880. The third-order valence-corrected chi connectivity index (χ3v) is 3.32. The maximum absolute atomic E-state index is 11.8. The van der Waals surface area contributed by atoms with Crippen molar-refractivity contribution in [1.29, 1.82) is 0 Å². The van der Waals surface area contributed by atoms with Gasteiger partial charge >= 0.3 is 6.09 Å². The van der Waals surface area contributed by atoms with Gasteiger partial charge in [0.25, 0.3) is 4.84 Å². The number of ether oxygens (including phenoxy) is 1. The van der Waals surface area contributed by atoms with Gasteiger partial charge in [0.05, 0.1) is 5.92 Å². The highest BCUT2D eigenvalue weighted by Gasteiger charge is 2.35. The first-order chi connectivity index (χ1) is 9.72. The minimum atomic E-state index is -0.320. The molecule has 1 saturated heterocycles. The third-order valence-electron chi connectivity index (χ3n) is 3.15. The first kappa shape index (κ1) is 12.9. The zero-order valence-corrected chi connectivity index (χ0v) is 11.4. The van der Waals surface area contributed by atoms with E-state index in [4.69, 9.17) is 21.4 Å². The second-order valence-corrected chi connectivity index (χ2v) is 4.96. The molecule has 1 aliphatic rings. The summed E-state index contributed by atoms with van der Waals surface area (Å²) in [4.78, 5) is 13.7. The fourth-order valence-electron chi connectivity index (χ4n) is 2.01. The Kier molecular flexibility index (Phi) is 3.51. The maximum atomic E-state index is 11.8. The van der Waals surface area contributed by atoms with E-state index < -0.39 is 0 Å². The van der Waals surface area contributed by atoms with Crippen LogP contribution in [-0.2, 0) is 11.3 Å². The Morgan fingerprint density at radius 2 is 2.20 bits per heavy atom. The SMILES string of the molecule is O=C(OCc1ccccc1)N1CC(c2n[nH]c(=S)o2)C1. The molecule has 104 valence electrons. The summed E-state index contributed by atoms with van der Waals surface area (Å²) in [5.41, 5.74) is 0.968. The van der Waals surface area contributed by atoms with E-state index in [2.05, 4.69) is 10.2 Å². The van der Waals surface area contributed by atoms with Crippen molar-refractivity contribution in [3.63, 3.8) is 0 Å². The Morgan fingerprint density at radius 3 is 2.85 bits per heavy atom. The zero-order valence-electron chi connectivity index (χ0n) is 10.6. The summed E-state index contributed by atoms with van der Waals surface area (Å²) in [7, 11) is 0. The van der Waals surface area contributed by atoms with E-state index in [0.29, 0.717) is 19.0 Å². The molecule has 0 atom stereocenters. The van der Waals surface area contributed by atoms with E-state index >= 15 is 0 Å². The molecule has 2 aromatic rings. The minimum Gasteiger partial charge on any atom is -0.445 e. The number of aromatic amines is 1. The van der Waals surface area contributed by atoms with Gasteiger partial charge in [-0.1, -0.05) is 30.3 Å². The molecule has 1 amide bonds. The Balaban J connectivity index is 1.47. The highest BCUT2D eigenvalue weighted by Crippen LogP contribution is 2.26. The van der Waals surface area contributed by atoms with Crippen LogP contribution >= 0.6 is 12.2 Å². The maximum Gasteiger partial charge on any atom is 0.410 e. The molecule has 1 aliphatic heterocycles. The molecule has 7 heteroatoms. The van der Waals surface area contributed by atoms with Crippen LogP contribution in [0.4, 0.5) is 4.79 Å². The lowest BCUT2D eigenvalue weighted by molar-refractivity contribution is 0.0616. The van der Waals surface area contributed by atoms with Crippen molar-refractivity contribution in [2.45, 2.75) is 12.5 Å².